The molecule has 6 nitrogen and oxygen atoms in total. The van der Waals surface area contributed by atoms with Gasteiger partial charge in [0.2, 0.25) is 5.88 Å². The van der Waals surface area contributed by atoms with Crippen LogP contribution in [0.4, 0.5) is 5.82 Å². The molecule has 0 amide bonds. The first-order valence-electron chi connectivity index (χ1n) is 9.35. The molecule has 0 fully saturated rings. The van der Waals surface area contributed by atoms with Crippen LogP contribution in [-0.2, 0) is 16.8 Å². The minimum atomic E-state index is -1.13. The maximum absolute atomic E-state index is 11.7. The van der Waals surface area contributed by atoms with Gasteiger partial charge < -0.3 is 15.2 Å². The average Bonchev–Trinajstić information content (AvgIpc) is 2.72. The van der Waals surface area contributed by atoms with Crippen molar-refractivity contribution in [3.63, 3.8) is 0 Å². The van der Waals surface area contributed by atoms with Crippen molar-refractivity contribution in [3.05, 3.63) is 71.5 Å². The monoisotopic (exact) mass is 391 g/mol. The van der Waals surface area contributed by atoms with E-state index in [9.17, 15) is 9.90 Å². The number of hydrogen-bond donors (Lipinski definition) is 2. The van der Waals surface area contributed by atoms with Gasteiger partial charge in [0.25, 0.3) is 0 Å². The number of nitrogens with one attached hydrogen (secondary N) is 1. The maximum atomic E-state index is 11.7. The summed E-state index contributed by atoms with van der Waals surface area (Å²) in [6.07, 6.45) is 3.41. The van der Waals surface area contributed by atoms with E-state index in [-0.39, 0.29) is 0 Å². The fourth-order valence-electron chi connectivity index (χ4n) is 3.02. The quantitative estimate of drug-likeness (QED) is 0.620. The predicted octanol–water partition coefficient (Wildman–Crippen LogP) is 4.43. The van der Waals surface area contributed by atoms with Crippen LogP contribution in [0.5, 0.6) is 5.88 Å². The Hall–Kier alpha value is -3.41. The number of aliphatic carboxylic acids is 1. The summed E-state index contributed by atoms with van der Waals surface area (Å²) >= 11 is 0. The second kappa shape index (κ2) is 8.31. The molecular weight excluding hydrogens is 366 g/mol. The molecule has 0 aliphatic carbocycles. The van der Waals surface area contributed by atoms with Gasteiger partial charge in [0.15, 0.2) is 0 Å². The Kier molecular flexibility index (Phi) is 5.82. The van der Waals surface area contributed by atoms with Crippen LogP contribution in [0.1, 0.15) is 30.5 Å². The van der Waals surface area contributed by atoms with Crippen LogP contribution in [0, 0.1) is 6.92 Å². The SMILES string of the molecule is COc1ncc(-c2ccc(NCc3cccc(C)c3)nc2)cc1C(C)(C)C(=O)O. The molecule has 2 aromatic heterocycles. The molecule has 0 aliphatic heterocycles. The van der Waals surface area contributed by atoms with Gasteiger partial charge in [-0.05, 0) is 44.5 Å². The number of anilines is 1. The Morgan fingerprint density at radius 2 is 1.86 bits per heavy atom. The Morgan fingerprint density at radius 1 is 1.10 bits per heavy atom. The molecule has 0 saturated carbocycles. The number of aryl methyl sites for hydroxylation is 1. The average molecular weight is 391 g/mol. The van der Waals surface area contributed by atoms with Crippen molar-refractivity contribution in [2.24, 2.45) is 0 Å². The zero-order chi connectivity index (χ0) is 21.0. The fourth-order valence-corrected chi connectivity index (χ4v) is 3.02. The van der Waals surface area contributed by atoms with Crippen LogP contribution in [0.25, 0.3) is 11.1 Å². The van der Waals surface area contributed by atoms with Gasteiger partial charge in [-0.1, -0.05) is 29.8 Å². The van der Waals surface area contributed by atoms with Crippen molar-refractivity contribution in [1.82, 2.24) is 9.97 Å². The lowest BCUT2D eigenvalue weighted by Crippen LogP contribution is -2.29. The molecular formula is C23H25N3O3. The summed E-state index contributed by atoms with van der Waals surface area (Å²) in [5.41, 5.74) is 3.44. The van der Waals surface area contributed by atoms with Crippen molar-refractivity contribution in [1.29, 1.82) is 0 Å². The number of carboxylic acids is 1. The fraction of sp³-hybridized carbons (Fsp3) is 0.261. The minimum Gasteiger partial charge on any atom is -0.481 e. The summed E-state index contributed by atoms with van der Waals surface area (Å²) in [6.45, 7) is 6.03. The van der Waals surface area contributed by atoms with Gasteiger partial charge in [-0.15, -0.1) is 0 Å². The molecule has 0 aliphatic rings. The molecule has 150 valence electrons. The van der Waals surface area contributed by atoms with Gasteiger partial charge >= 0.3 is 5.97 Å². The van der Waals surface area contributed by atoms with E-state index < -0.39 is 11.4 Å². The van der Waals surface area contributed by atoms with Crippen LogP contribution < -0.4 is 10.1 Å². The molecule has 0 unspecified atom stereocenters. The Balaban J connectivity index is 1.81. The lowest BCUT2D eigenvalue weighted by atomic mass is 9.84. The Morgan fingerprint density at radius 3 is 2.48 bits per heavy atom. The van der Waals surface area contributed by atoms with Gasteiger partial charge in [0, 0.05) is 35.6 Å². The zero-order valence-corrected chi connectivity index (χ0v) is 17.1. The number of pyridine rings is 2. The molecule has 1 aromatic carbocycles. The smallest absolute Gasteiger partial charge is 0.313 e. The largest absolute Gasteiger partial charge is 0.481 e. The van der Waals surface area contributed by atoms with Crippen molar-refractivity contribution in [2.45, 2.75) is 32.7 Å². The summed E-state index contributed by atoms with van der Waals surface area (Å²) in [4.78, 5) is 20.5. The standard InChI is InChI=1S/C23H25N3O3/c1-15-6-5-7-16(10-15)12-24-20-9-8-17(13-25-20)18-11-19(21(29-4)26-14-18)23(2,3)22(27)28/h5-11,13-14H,12H2,1-4H3,(H,24,25)(H,27,28). The highest BCUT2D eigenvalue weighted by atomic mass is 16.5. The number of ether oxygens (including phenoxy) is 1. The molecule has 0 saturated heterocycles. The molecule has 0 spiro atoms. The van der Waals surface area contributed by atoms with E-state index in [4.69, 9.17) is 4.74 Å². The van der Waals surface area contributed by atoms with Crippen molar-refractivity contribution in [2.75, 3.05) is 12.4 Å². The van der Waals surface area contributed by atoms with Gasteiger partial charge in [0.1, 0.15) is 5.82 Å². The number of rotatable bonds is 7. The first kappa shape index (κ1) is 20.3. The summed E-state index contributed by atoms with van der Waals surface area (Å²) in [6, 6.07) is 14.0. The number of nitrogens with zero attached hydrogens (tertiary/aromatic N) is 2. The Labute approximate surface area is 170 Å². The third kappa shape index (κ3) is 4.54. The maximum Gasteiger partial charge on any atom is 0.313 e. The highest BCUT2D eigenvalue weighted by molar-refractivity contribution is 5.82. The van der Waals surface area contributed by atoms with Gasteiger partial charge in [-0.25, -0.2) is 9.97 Å². The lowest BCUT2D eigenvalue weighted by Gasteiger charge is -2.22. The molecule has 29 heavy (non-hydrogen) atoms. The second-order valence-electron chi connectivity index (χ2n) is 7.49. The topological polar surface area (TPSA) is 84.3 Å². The molecule has 2 heterocycles. The number of carbonyl (C=O) groups is 1. The van der Waals surface area contributed by atoms with Crippen LogP contribution in [0.2, 0.25) is 0 Å². The van der Waals surface area contributed by atoms with E-state index in [1.54, 1.807) is 32.3 Å². The van der Waals surface area contributed by atoms with Gasteiger partial charge in [-0.2, -0.15) is 0 Å². The molecule has 6 heteroatoms. The number of benzene rings is 1. The summed E-state index contributed by atoms with van der Waals surface area (Å²) in [5, 5.41) is 12.9. The number of methoxy groups -OCH3 is 1. The summed E-state index contributed by atoms with van der Waals surface area (Å²) < 4.78 is 5.27. The van der Waals surface area contributed by atoms with Crippen LogP contribution in [0.3, 0.4) is 0 Å². The van der Waals surface area contributed by atoms with E-state index in [0.29, 0.717) is 18.0 Å². The molecule has 3 rings (SSSR count). The third-order valence-corrected chi connectivity index (χ3v) is 4.91. The zero-order valence-electron chi connectivity index (χ0n) is 17.1. The van der Waals surface area contributed by atoms with E-state index in [2.05, 4.69) is 40.4 Å². The predicted molar refractivity (Wildman–Crippen MR) is 113 cm³/mol. The van der Waals surface area contributed by atoms with E-state index in [1.807, 2.05) is 18.2 Å². The highest BCUT2D eigenvalue weighted by Gasteiger charge is 2.33. The summed E-state index contributed by atoms with van der Waals surface area (Å²) in [7, 11) is 1.49. The minimum absolute atomic E-state index is 0.311. The van der Waals surface area contributed by atoms with Crippen LogP contribution in [0.15, 0.2) is 54.9 Å². The van der Waals surface area contributed by atoms with Crippen molar-refractivity contribution >= 4 is 11.8 Å². The normalized spacial score (nSPS) is 11.2. The van der Waals surface area contributed by atoms with E-state index >= 15 is 0 Å². The third-order valence-electron chi connectivity index (χ3n) is 4.91. The first-order valence-corrected chi connectivity index (χ1v) is 9.35. The van der Waals surface area contributed by atoms with Gasteiger partial charge in [0.05, 0.1) is 12.5 Å². The molecule has 0 atom stereocenters. The van der Waals surface area contributed by atoms with Crippen molar-refractivity contribution < 1.29 is 14.6 Å². The summed E-state index contributed by atoms with van der Waals surface area (Å²) in [5.74, 6) is 0.136. The second-order valence-corrected chi connectivity index (χ2v) is 7.49. The molecule has 0 radical (unpaired) electrons. The van der Waals surface area contributed by atoms with E-state index in [0.717, 1.165) is 16.9 Å². The van der Waals surface area contributed by atoms with Crippen LogP contribution in [-0.4, -0.2) is 28.2 Å². The van der Waals surface area contributed by atoms with E-state index in [1.165, 1.54) is 18.2 Å². The lowest BCUT2D eigenvalue weighted by molar-refractivity contribution is -0.142. The van der Waals surface area contributed by atoms with Crippen LogP contribution >= 0.6 is 0 Å². The first-order chi connectivity index (χ1) is 13.8. The number of hydrogen-bond acceptors (Lipinski definition) is 5. The van der Waals surface area contributed by atoms with Crippen molar-refractivity contribution in [3.8, 4) is 17.0 Å². The number of carboxylic acid groups (broad SMARTS) is 1. The highest BCUT2D eigenvalue weighted by Crippen LogP contribution is 2.33. The van der Waals surface area contributed by atoms with Gasteiger partial charge in [-0.3, -0.25) is 4.79 Å². The Bertz CT molecular complexity index is 1010. The molecule has 2 N–H and O–H groups in total. The molecule has 3 aromatic rings. The number of aromatic nitrogens is 2. The molecule has 0 bridgehead atoms.